The van der Waals surface area contributed by atoms with Crippen LogP contribution in [0.25, 0.3) is 0 Å². The molecule has 2 N–H and O–H groups in total. The molecule has 100 valence electrons. The number of hydrogen-bond donors (Lipinski definition) is 1. The molecule has 1 aromatic heterocycles. The van der Waals surface area contributed by atoms with Gasteiger partial charge in [0.2, 0.25) is 0 Å². The first-order valence-electron chi connectivity index (χ1n) is 5.89. The molecule has 0 amide bonds. The predicted octanol–water partition coefficient (Wildman–Crippen LogP) is 2.27. The van der Waals surface area contributed by atoms with Crippen LogP contribution < -0.4 is 10.6 Å². The average Bonchev–Trinajstić information content (AvgIpc) is 3.13. The van der Waals surface area contributed by atoms with Crippen molar-refractivity contribution in [2.45, 2.75) is 25.1 Å². The Hall–Kier alpha value is -1.30. The van der Waals surface area contributed by atoms with Gasteiger partial charge in [-0.1, -0.05) is 0 Å². The van der Waals surface area contributed by atoms with E-state index in [4.69, 9.17) is 5.73 Å². The van der Waals surface area contributed by atoms with Gasteiger partial charge in [-0.2, -0.15) is 13.2 Å². The average molecular weight is 259 g/mol. The summed E-state index contributed by atoms with van der Waals surface area (Å²) in [7, 11) is 1.75. The van der Waals surface area contributed by atoms with Gasteiger partial charge in [0.25, 0.3) is 0 Å². The summed E-state index contributed by atoms with van der Waals surface area (Å²) in [5.74, 6) is 0.809. The van der Waals surface area contributed by atoms with Crippen molar-refractivity contribution in [2.75, 3.05) is 18.5 Å². The quantitative estimate of drug-likeness (QED) is 0.902. The lowest BCUT2D eigenvalue weighted by Gasteiger charge is -2.28. The molecule has 1 unspecified atom stereocenters. The molecule has 1 saturated carbocycles. The number of nitrogens with zero attached hydrogens (tertiary/aromatic N) is 2. The number of aromatic nitrogens is 1. The highest BCUT2D eigenvalue weighted by Gasteiger charge is 2.35. The standard InChI is InChI=1S/C12H16F3N3/c1-18(10(7-16)8-2-3-8)11-6-9(4-5-17-11)12(13,14)15/h4-6,8,10H,2-3,7,16H2,1H3. The van der Waals surface area contributed by atoms with Gasteiger partial charge in [-0.3, -0.25) is 0 Å². The minimum Gasteiger partial charge on any atom is -0.355 e. The highest BCUT2D eigenvalue weighted by molar-refractivity contribution is 5.42. The molecule has 1 aliphatic carbocycles. The molecule has 1 aliphatic rings. The fourth-order valence-electron chi connectivity index (χ4n) is 2.11. The highest BCUT2D eigenvalue weighted by atomic mass is 19.4. The van der Waals surface area contributed by atoms with Gasteiger partial charge in [0.05, 0.1) is 5.56 Å². The summed E-state index contributed by atoms with van der Waals surface area (Å²) in [5, 5.41) is 0. The van der Waals surface area contributed by atoms with E-state index in [0.717, 1.165) is 25.0 Å². The van der Waals surface area contributed by atoms with Crippen LogP contribution in [0, 0.1) is 5.92 Å². The Balaban J connectivity index is 2.21. The van der Waals surface area contributed by atoms with E-state index in [0.29, 0.717) is 18.3 Å². The van der Waals surface area contributed by atoms with Gasteiger partial charge in [-0.05, 0) is 30.9 Å². The molecule has 0 spiro atoms. The second-order valence-corrected chi connectivity index (χ2v) is 4.65. The number of likely N-dealkylation sites (N-methyl/N-ethyl adjacent to an activating group) is 1. The normalized spacial score (nSPS) is 17.6. The number of pyridine rings is 1. The lowest BCUT2D eigenvalue weighted by Crippen LogP contribution is -2.40. The van der Waals surface area contributed by atoms with Crippen LogP contribution >= 0.6 is 0 Å². The molecule has 1 fully saturated rings. The summed E-state index contributed by atoms with van der Waals surface area (Å²) in [6, 6.07) is 2.12. The SMILES string of the molecule is CN(c1cc(C(F)(F)F)ccn1)C(CN)C1CC1. The Morgan fingerprint density at radius 2 is 2.17 bits per heavy atom. The van der Waals surface area contributed by atoms with Crippen LogP contribution in [0.15, 0.2) is 18.3 Å². The van der Waals surface area contributed by atoms with Gasteiger partial charge in [0.15, 0.2) is 0 Å². The number of nitrogens with two attached hydrogens (primary N) is 1. The molecule has 2 rings (SSSR count). The fourth-order valence-corrected chi connectivity index (χ4v) is 2.11. The third-order valence-corrected chi connectivity index (χ3v) is 3.34. The maximum atomic E-state index is 12.6. The maximum Gasteiger partial charge on any atom is 0.416 e. The van der Waals surface area contributed by atoms with Crippen LogP contribution in [-0.4, -0.2) is 24.6 Å². The van der Waals surface area contributed by atoms with Crippen LogP contribution in [0.3, 0.4) is 0 Å². The van der Waals surface area contributed by atoms with Crippen molar-refractivity contribution in [3.8, 4) is 0 Å². The summed E-state index contributed by atoms with van der Waals surface area (Å²) >= 11 is 0. The molecular formula is C12H16F3N3. The maximum absolute atomic E-state index is 12.6. The van der Waals surface area contributed by atoms with E-state index in [9.17, 15) is 13.2 Å². The summed E-state index contributed by atoms with van der Waals surface area (Å²) in [6.45, 7) is 0.430. The zero-order chi connectivity index (χ0) is 13.3. The monoisotopic (exact) mass is 259 g/mol. The van der Waals surface area contributed by atoms with Crippen molar-refractivity contribution in [1.82, 2.24) is 4.98 Å². The zero-order valence-electron chi connectivity index (χ0n) is 10.1. The first-order chi connectivity index (χ1) is 8.43. The lowest BCUT2D eigenvalue weighted by atomic mass is 10.1. The van der Waals surface area contributed by atoms with E-state index in [1.54, 1.807) is 11.9 Å². The van der Waals surface area contributed by atoms with Gasteiger partial charge in [0.1, 0.15) is 5.82 Å². The number of alkyl halides is 3. The Morgan fingerprint density at radius 1 is 1.50 bits per heavy atom. The number of hydrogen-bond acceptors (Lipinski definition) is 3. The molecule has 0 aromatic carbocycles. The smallest absolute Gasteiger partial charge is 0.355 e. The largest absolute Gasteiger partial charge is 0.416 e. The van der Waals surface area contributed by atoms with Crippen molar-refractivity contribution < 1.29 is 13.2 Å². The van der Waals surface area contributed by atoms with Crippen molar-refractivity contribution >= 4 is 5.82 Å². The number of anilines is 1. The van der Waals surface area contributed by atoms with E-state index in [-0.39, 0.29) is 6.04 Å². The molecule has 18 heavy (non-hydrogen) atoms. The number of halogens is 3. The van der Waals surface area contributed by atoms with Crippen LogP contribution in [0.2, 0.25) is 0 Å². The lowest BCUT2D eigenvalue weighted by molar-refractivity contribution is -0.137. The fraction of sp³-hybridized carbons (Fsp3) is 0.583. The minimum absolute atomic E-state index is 0.0704. The molecule has 0 saturated heterocycles. The molecular weight excluding hydrogens is 243 g/mol. The molecule has 1 aromatic rings. The molecule has 0 aliphatic heterocycles. The molecule has 3 nitrogen and oxygen atoms in total. The van der Waals surface area contributed by atoms with Gasteiger partial charge in [-0.25, -0.2) is 4.98 Å². The predicted molar refractivity (Wildman–Crippen MR) is 63.2 cm³/mol. The van der Waals surface area contributed by atoms with E-state index in [1.807, 2.05) is 0 Å². The van der Waals surface area contributed by atoms with Crippen LogP contribution in [0.5, 0.6) is 0 Å². The van der Waals surface area contributed by atoms with Crippen LogP contribution in [-0.2, 0) is 6.18 Å². The Bertz CT molecular complexity index is 415. The molecule has 1 heterocycles. The highest BCUT2D eigenvalue weighted by Crippen LogP contribution is 2.36. The van der Waals surface area contributed by atoms with Crippen LogP contribution in [0.1, 0.15) is 18.4 Å². The Morgan fingerprint density at radius 3 is 2.67 bits per heavy atom. The van der Waals surface area contributed by atoms with Crippen LogP contribution in [0.4, 0.5) is 19.0 Å². The third kappa shape index (κ3) is 2.75. The Kier molecular flexibility index (Phi) is 3.47. The second kappa shape index (κ2) is 4.76. The third-order valence-electron chi connectivity index (χ3n) is 3.34. The van der Waals surface area contributed by atoms with E-state index < -0.39 is 11.7 Å². The minimum atomic E-state index is -4.34. The summed E-state index contributed by atoms with van der Waals surface area (Å²) in [4.78, 5) is 5.76. The first-order valence-corrected chi connectivity index (χ1v) is 5.89. The molecule has 6 heteroatoms. The van der Waals surface area contributed by atoms with Gasteiger partial charge in [0, 0.05) is 25.8 Å². The molecule has 0 radical (unpaired) electrons. The van der Waals surface area contributed by atoms with E-state index in [2.05, 4.69) is 4.98 Å². The summed E-state index contributed by atoms with van der Waals surface area (Å²) in [5.41, 5.74) is 5.01. The van der Waals surface area contributed by atoms with Gasteiger partial charge < -0.3 is 10.6 Å². The summed E-state index contributed by atoms with van der Waals surface area (Å²) < 4.78 is 37.8. The van der Waals surface area contributed by atoms with Crippen molar-refractivity contribution in [1.29, 1.82) is 0 Å². The molecule has 0 bridgehead atoms. The summed E-state index contributed by atoms with van der Waals surface area (Å²) in [6.07, 6.45) is -0.970. The van der Waals surface area contributed by atoms with Crippen molar-refractivity contribution in [3.05, 3.63) is 23.9 Å². The van der Waals surface area contributed by atoms with Gasteiger partial charge in [-0.15, -0.1) is 0 Å². The van der Waals surface area contributed by atoms with Crippen molar-refractivity contribution in [3.63, 3.8) is 0 Å². The van der Waals surface area contributed by atoms with Gasteiger partial charge >= 0.3 is 6.18 Å². The zero-order valence-corrected chi connectivity index (χ0v) is 10.1. The van der Waals surface area contributed by atoms with E-state index >= 15 is 0 Å². The van der Waals surface area contributed by atoms with Crippen molar-refractivity contribution in [2.24, 2.45) is 11.7 Å². The molecule has 1 atom stereocenters. The first kappa shape index (κ1) is 13.1. The topological polar surface area (TPSA) is 42.2 Å². The van der Waals surface area contributed by atoms with E-state index in [1.165, 1.54) is 6.20 Å². The Labute approximate surface area is 104 Å². The second-order valence-electron chi connectivity index (χ2n) is 4.65. The number of rotatable bonds is 4.